The molecule has 0 bridgehead atoms. The van der Waals surface area contributed by atoms with Gasteiger partial charge in [0, 0.05) is 50.3 Å². The maximum Gasteiger partial charge on any atom is 0.241 e. The van der Waals surface area contributed by atoms with Crippen LogP contribution in [0.1, 0.15) is 26.3 Å². The minimum absolute atomic E-state index is 0. The molecule has 0 aliphatic carbocycles. The Balaban J connectivity index is 0.00000306. The standard InChI is InChI=1S/C25H32ClN3O3.ClH/c1-17-13-28(18(12-27-17)15-31-4)14-24(30)29-16-25(2,3)20-10-9-19(11-22(20)29)32-23-8-6-5-7-21(23)26;/h5-11,17-18,27H,12-16H2,1-4H3;1H/t17-,18-;/m1./s1. The number of rotatable bonds is 6. The summed E-state index contributed by atoms with van der Waals surface area (Å²) in [6.07, 6.45) is 0. The summed E-state index contributed by atoms with van der Waals surface area (Å²) >= 11 is 6.27. The second kappa shape index (κ2) is 10.6. The van der Waals surface area contributed by atoms with Crippen molar-refractivity contribution in [2.24, 2.45) is 0 Å². The lowest BCUT2D eigenvalue weighted by Gasteiger charge is -2.39. The van der Waals surface area contributed by atoms with E-state index in [4.69, 9.17) is 21.1 Å². The number of piperazine rings is 1. The summed E-state index contributed by atoms with van der Waals surface area (Å²) in [6, 6.07) is 13.9. The molecule has 0 spiro atoms. The van der Waals surface area contributed by atoms with Crippen LogP contribution in [0.3, 0.4) is 0 Å². The fourth-order valence-corrected chi connectivity index (χ4v) is 4.83. The third-order valence-corrected chi connectivity index (χ3v) is 6.64. The number of para-hydroxylation sites is 1. The van der Waals surface area contributed by atoms with Crippen molar-refractivity contribution in [1.82, 2.24) is 10.2 Å². The largest absolute Gasteiger partial charge is 0.456 e. The Morgan fingerprint density at radius 2 is 2.00 bits per heavy atom. The Bertz CT molecular complexity index is 985. The number of amides is 1. The minimum Gasteiger partial charge on any atom is -0.456 e. The lowest BCUT2D eigenvalue weighted by Crippen LogP contribution is -2.59. The van der Waals surface area contributed by atoms with Crippen LogP contribution in [0.5, 0.6) is 11.5 Å². The molecule has 1 fully saturated rings. The number of hydrogen-bond donors (Lipinski definition) is 1. The quantitative estimate of drug-likeness (QED) is 0.642. The number of methoxy groups -OCH3 is 1. The van der Waals surface area contributed by atoms with Gasteiger partial charge in [0.15, 0.2) is 0 Å². The van der Waals surface area contributed by atoms with Crippen LogP contribution in [0.15, 0.2) is 42.5 Å². The number of ether oxygens (including phenoxy) is 2. The van der Waals surface area contributed by atoms with Crippen LogP contribution in [-0.2, 0) is 14.9 Å². The Morgan fingerprint density at radius 3 is 2.73 bits per heavy atom. The van der Waals surface area contributed by atoms with Crippen molar-refractivity contribution in [3.63, 3.8) is 0 Å². The van der Waals surface area contributed by atoms with Gasteiger partial charge in [-0.25, -0.2) is 0 Å². The molecule has 2 heterocycles. The number of halogens is 2. The summed E-state index contributed by atoms with van der Waals surface area (Å²) in [6.45, 7) is 9.75. The highest BCUT2D eigenvalue weighted by Gasteiger charge is 2.39. The molecule has 6 nitrogen and oxygen atoms in total. The van der Waals surface area contributed by atoms with Crippen LogP contribution in [0.25, 0.3) is 0 Å². The first-order chi connectivity index (χ1) is 15.3. The minimum atomic E-state index is -0.128. The summed E-state index contributed by atoms with van der Waals surface area (Å²) in [4.78, 5) is 17.7. The molecule has 0 radical (unpaired) electrons. The van der Waals surface area contributed by atoms with Gasteiger partial charge in [-0.3, -0.25) is 9.69 Å². The number of benzene rings is 2. The van der Waals surface area contributed by atoms with Gasteiger partial charge < -0.3 is 19.7 Å². The fourth-order valence-electron chi connectivity index (χ4n) is 4.65. The Hall–Kier alpha value is -1.83. The molecular formula is C25H33Cl2N3O3. The monoisotopic (exact) mass is 493 g/mol. The van der Waals surface area contributed by atoms with Crippen molar-refractivity contribution in [2.45, 2.75) is 38.3 Å². The van der Waals surface area contributed by atoms with Crippen molar-refractivity contribution in [1.29, 1.82) is 0 Å². The fraction of sp³-hybridized carbons (Fsp3) is 0.480. The zero-order valence-electron chi connectivity index (χ0n) is 19.6. The van der Waals surface area contributed by atoms with Crippen LogP contribution in [0.4, 0.5) is 5.69 Å². The predicted molar refractivity (Wildman–Crippen MR) is 135 cm³/mol. The van der Waals surface area contributed by atoms with E-state index in [1.54, 1.807) is 13.2 Å². The zero-order chi connectivity index (χ0) is 22.9. The zero-order valence-corrected chi connectivity index (χ0v) is 21.2. The lowest BCUT2D eigenvalue weighted by molar-refractivity contribution is -0.121. The van der Waals surface area contributed by atoms with Crippen LogP contribution in [0.2, 0.25) is 5.02 Å². The van der Waals surface area contributed by atoms with Crippen molar-refractivity contribution >= 4 is 35.6 Å². The molecule has 2 aliphatic heterocycles. The first-order valence-electron chi connectivity index (χ1n) is 11.1. The number of hydrogen-bond acceptors (Lipinski definition) is 5. The van der Waals surface area contributed by atoms with E-state index in [0.717, 1.165) is 24.3 Å². The van der Waals surface area contributed by atoms with Crippen molar-refractivity contribution in [3.05, 3.63) is 53.1 Å². The van der Waals surface area contributed by atoms with Gasteiger partial charge in [0.05, 0.1) is 23.9 Å². The second-order valence-electron chi connectivity index (χ2n) is 9.42. The number of anilines is 1. The maximum absolute atomic E-state index is 13.5. The summed E-state index contributed by atoms with van der Waals surface area (Å²) in [5.41, 5.74) is 1.94. The highest BCUT2D eigenvalue weighted by Crippen LogP contribution is 2.43. The average molecular weight is 494 g/mol. The summed E-state index contributed by atoms with van der Waals surface area (Å²) < 4.78 is 11.4. The molecule has 0 aromatic heterocycles. The number of fused-ring (bicyclic) bond motifs is 1. The van der Waals surface area contributed by atoms with Crippen LogP contribution in [-0.4, -0.2) is 62.8 Å². The molecule has 180 valence electrons. The van der Waals surface area contributed by atoms with Crippen LogP contribution in [0, 0.1) is 0 Å². The van der Waals surface area contributed by atoms with E-state index in [9.17, 15) is 4.79 Å². The van der Waals surface area contributed by atoms with Crippen LogP contribution < -0.4 is 15.0 Å². The third kappa shape index (κ3) is 5.64. The summed E-state index contributed by atoms with van der Waals surface area (Å²) in [7, 11) is 1.71. The molecule has 4 rings (SSSR count). The molecule has 2 aromatic rings. The van der Waals surface area contributed by atoms with E-state index in [0.29, 0.717) is 42.3 Å². The molecule has 0 unspecified atom stereocenters. The molecular weight excluding hydrogens is 461 g/mol. The van der Waals surface area contributed by atoms with E-state index < -0.39 is 0 Å². The first kappa shape index (κ1) is 25.8. The van der Waals surface area contributed by atoms with Gasteiger partial charge in [-0.05, 0) is 30.7 Å². The molecule has 1 N–H and O–H groups in total. The van der Waals surface area contributed by atoms with Crippen LogP contribution >= 0.6 is 24.0 Å². The molecule has 1 saturated heterocycles. The SMILES string of the molecule is COC[C@H]1CN[C@H](C)CN1CC(=O)N1CC(C)(C)c2ccc(Oc3ccccc3Cl)cc21.Cl. The van der Waals surface area contributed by atoms with Gasteiger partial charge in [-0.15, -0.1) is 12.4 Å². The van der Waals surface area contributed by atoms with Crippen molar-refractivity contribution < 1.29 is 14.3 Å². The highest BCUT2D eigenvalue weighted by atomic mass is 35.5. The van der Waals surface area contributed by atoms with Gasteiger partial charge in [0.2, 0.25) is 5.91 Å². The molecule has 2 aliphatic rings. The summed E-state index contributed by atoms with van der Waals surface area (Å²) in [5, 5.41) is 4.03. The molecule has 8 heteroatoms. The number of nitrogens with one attached hydrogen (secondary N) is 1. The normalized spacial score (nSPS) is 21.9. The first-order valence-corrected chi connectivity index (χ1v) is 11.5. The number of carbonyl (C=O) groups excluding carboxylic acids is 1. The molecule has 0 saturated carbocycles. The molecule has 2 atom stereocenters. The molecule has 33 heavy (non-hydrogen) atoms. The lowest BCUT2D eigenvalue weighted by atomic mass is 9.87. The van der Waals surface area contributed by atoms with E-state index in [-0.39, 0.29) is 29.8 Å². The summed E-state index contributed by atoms with van der Waals surface area (Å²) in [5.74, 6) is 1.36. The Labute approximate surface area is 207 Å². The van der Waals surface area contributed by atoms with Gasteiger partial charge >= 0.3 is 0 Å². The average Bonchev–Trinajstić information content (AvgIpc) is 3.02. The molecule has 2 aromatic carbocycles. The van der Waals surface area contributed by atoms with E-state index >= 15 is 0 Å². The highest BCUT2D eigenvalue weighted by molar-refractivity contribution is 6.32. The Kier molecular flexibility index (Phi) is 8.30. The topological polar surface area (TPSA) is 54.0 Å². The predicted octanol–water partition coefficient (Wildman–Crippen LogP) is 4.49. The number of carbonyl (C=O) groups is 1. The van der Waals surface area contributed by atoms with E-state index in [2.05, 4.69) is 37.1 Å². The molecule has 1 amide bonds. The second-order valence-corrected chi connectivity index (χ2v) is 9.83. The third-order valence-electron chi connectivity index (χ3n) is 6.33. The van der Waals surface area contributed by atoms with Gasteiger partial charge in [0.1, 0.15) is 11.5 Å². The van der Waals surface area contributed by atoms with Gasteiger partial charge in [-0.2, -0.15) is 0 Å². The van der Waals surface area contributed by atoms with E-state index in [1.807, 2.05) is 35.2 Å². The van der Waals surface area contributed by atoms with Crippen molar-refractivity contribution in [3.8, 4) is 11.5 Å². The van der Waals surface area contributed by atoms with Crippen molar-refractivity contribution in [2.75, 3.05) is 44.8 Å². The number of nitrogens with zero attached hydrogens (tertiary/aromatic N) is 2. The van der Waals surface area contributed by atoms with Gasteiger partial charge in [0.25, 0.3) is 0 Å². The van der Waals surface area contributed by atoms with E-state index in [1.165, 1.54) is 0 Å². The van der Waals surface area contributed by atoms with Gasteiger partial charge in [-0.1, -0.05) is 43.6 Å². The maximum atomic E-state index is 13.5. The Morgan fingerprint density at radius 1 is 1.24 bits per heavy atom. The smallest absolute Gasteiger partial charge is 0.241 e.